The summed E-state index contributed by atoms with van der Waals surface area (Å²) in [5, 5.41) is 3.33. The van der Waals surface area contributed by atoms with Gasteiger partial charge in [-0.05, 0) is 20.3 Å². The predicted molar refractivity (Wildman–Crippen MR) is 73.9 cm³/mol. The Morgan fingerprint density at radius 3 is 2.88 bits per heavy atom. The molecule has 17 heavy (non-hydrogen) atoms. The van der Waals surface area contributed by atoms with E-state index in [9.17, 15) is 4.21 Å². The largest absolute Gasteiger partial charge is 0.352 e. The molecule has 0 aliphatic heterocycles. The van der Waals surface area contributed by atoms with Crippen LogP contribution in [-0.2, 0) is 17.3 Å². The fourth-order valence-electron chi connectivity index (χ4n) is 1.78. The van der Waals surface area contributed by atoms with Gasteiger partial charge in [-0.15, -0.1) is 0 Å². The summed E-state index contributed by atoms with van der Waals surface area (Å²) >= 11 is 0. The van der Waals surface area contributed by atoms with Crippen LogP contribution in [0.1, 0.15) is 32.4 Å². The lowest BCUT2D eigenvalue weighted by Gasteiger charge is -2.14. The molecule has 1 rings (SSSR count). The molecular weight excluding hydrogens is 234 g/mol. The molecule has 0 amide bonds. The van der Waals surface area contributed by atoms with Gasteiger partial charge in [0.25, 0.3) is 0 Å². The summed E-state index contributed by atoms with van der Waals surface area (Å²) in [7, 11) is -0.774. The molecule has 98 valence electrons. The van der Waals surface area contributed by atoms with Crippen LogP contribution in [0.5, 0.6) is 0 Å². The molecule has 1 aromatic heterocycles. The standard InChI is InChI=1S/C12H23N3OS/c1-5-6-7-15-8-10(2)13-12(15)14-11(3)9-17(4)16/h8,11H,5-7,9H2,1-4H3,(H,13,14). The first-order valence-corrected chi connectivity index (χ1v) is 7.86. The van der Waals surface area contributed by atoms with Crippen molar-refractivity contribution in [2.24, 2.45) is 0 Å². The van der Waals surface area contributed by atoms with E-state index in [1.807, 2.05) is 13.8 Å². The molecule has 0 fully saturated rings. The Labute approximate surface area is 106 Å². The molecule has 0 aromatic carbocycles. The quantitative estimate of drug-likeness (QED) is 0.814. The third-order valence-corrected chi connectivity index (χ3v) is 3.48. The lowest BCUT2D eigenvalue weighted by Crippen LogP contribution is -2.24. The average Bonchev–Trinajstić information content (AvgIpc) is 2.54. The normalized spacial score (nSPS) is 14.6. The Bertz CT molecular complexity index is 376. The molecule has 2 atom stereocenters. The van der Waals surface area contributed by atoms with Gasteiger partial charge in [-0.3, -0.25) is 4.21 Å². The molecule has 0 spiro atoms. The minimum Gasteiger partial charge on any atom is -0.352 e. The third kappa shape index (κ3) is 4.89. The van der Waals surface area contributed by atoms with Gasteiger partial charge in [0, 0.05) is 41.6 Å². The second-order valence-electron chi connectivity index (χ2n) is 4.54. The van der Waals surface area contributed by atoms with Gasteiger partial charge in [0.1, 0.15) is 0 Å². The number of nitrogens with zero attached hydrogens (tertiary/aromatic N) is 2. The fraction of sp³-hybridized carbons (Fsp3) is 0.750. The first-order chi connectivity index (χ1) is 8.02. The maximum atomic E-state index is 11.2. The van der Waals surface area contributed by atoms with Gasteiger partial charge in [0.05, 0.1) is 5.69 Å². The van der Waals surface area contributed by atoms with Crippen LogP contribution in [0.15, 0.2) is 6.20 Å². The van der Waals surface area contributed by atoms with E-state index in [1.165, 1.54) is 6.42 Å². The Morgan fingerprint density at radius 1 is 1.59 bits per heavy atom. The fourth-order valence-corrected chi connectivity index (χ4v) is 2.56. The van der Waals surface area contributed by atoms with Gasteiger partial charge in [-0.2, -0.15) is 0 Å². The maximum Gasteiger partial charge on any atom is 0.203 e. The van der Waals surface area contributed by atoms with E-state index in [4.69, 9.17) is 0 Å². The lowest BCUT2D eigenvalue weighted by atomic mass is 10.3. The SMILES string of the molecule is CCCCn1cc(C)nc1NC(C)CS(C)=O. The van der Waals surface area contributed by atoms with Crippen molar-refractivity contribution >= 4 is 16.7 Å². The van der Waals surface area contributed by atoms with Gasteiger partial charge in [0.15, 0.2) is 0 Å². The molecule has 0 saturated heterocycles. The molecule has 5 heteroatoms. The Kier molecular flexibility index (Phi) is 5.68. The number of hydrogen-bond donors (Lipinski definition) is 1. The van der Waals surface area contributed by atoms with Gasteiger partial charge < -0.3 is 9.88 Å². The monoisotopic (exact) mass is 257 g/mol. The number of nitrogens with one attached hydrogen (secondary N) is 1. The summed E-state index contributed by atoms with van der Waals surface area (Å²) in [5.74, 6) is 1.55. The Morgan fingerprint density at radius 2 is 2.29 bits per heavy atom. The minimum absolute atomic E-state index is 0.183. The lowest BCUT2D eigenvalue weighted by molar-refractivity contribution is 0.631. The summed E-state index contributed by atoms with van der Waals surface area (Å²) in [6.07, 6.45) is 6.12. The van der Waals surface area contributed by atoms with Crippen molar-refractivity contribution in [1.82, 2.24) is 9.55 Å². The number of unbranched alkanes of at least 4 members (excludes halogenated alkanes) is 1. The van der Waals surface area contributed by atoms with Crippen molar-refractivity contribution in [2.75, 3.05) is 17.3 Å². The number of anilines is 1. The number of imidazole rings is 1. The van der Waals surface area contributed by atoms with Crippen LogP contribution in [0.3, 0.4) is 0 Å². The minimum atomic E-state index is -0.774. The second-order valence-corrected chi connectivity index (χ2v) is 6.02. The van der Waals surface area contributed by atoms with Crippen LogP contribution in [0.2, 0.25) is 0 Å². The molecule has 4 nitrogen and oxygen atoms in total. The van der Waals surface area contributed by atoms with Crippen molar-refractivity contribution in [1.29, 1.82) is 0 Å². The zero-order valence-electron chi connectivity index (χ0n) is 11.2. The predicted octanol–water partition coefficient (Wildman–Crippen LogP) is 2.17. The summed E-state index contributed by atoms with van der Waals surface area (Å²) < 4.78 is 13.3. The van der Waals surface area contributed by atoms with Crippen LogP contribution in [-0.4, -0.2) is 31.8 Å². The van der Waals surface area contributed by atoms with Crippen LogP contribution in [0.4, 0.5) is 5.95 Å². The molecule has 0 bridgehead atoms. The van der Waals surface area contributed by atoms with Crippen molar-refractivity contribution in [3.8, 4) is 0 Å². The Hall–Kier alpha value is -0.840. The molecule has 0 saturated carbocycles. The van der Waals surface area contributed by atoms with Crippen LogP contribution >= 0.6 is 0 Å². The highest BCUT2D eigenvalue weighted by molar-refractivity contribution is 7.84. The summed E-state index contributed by atoms with van der Waals surface area (Å²) in [6.45, 7) is 7.20. The molecule has 2 unspecified atom stereocenters. The third-order valence-electron chi connectivity index (χ3n) is 2.51. The number of rotatable bonds is 7. The highest BCUT2D eigenvalue weighted by Gasteiger charge is 2.09. The van der Waals surface area contributed by atoms with Gasteiger partial charge in [-0.1, -0.05) is 13.3 Å². The zero-order valence-corrected chi connectivity index (χ0v) is 12.0. The molecular formula is C12H23N3OS. The maximum absolute atomic E-state index is 11.2. The van der Waals surface area contributed by atoms with E-state index in [0.29, 0.717) is 5.75 Å². The number of aryl methyl sites for hydroxylation is 2. The molecule has 0 radical (unpaired) electrons. The highest BCUT2D eigenvalue weighted by atomic mass is 32.2. The first-order valence-electron chi connectivity index (χ1n) is 6.13. The molecule has 0 aliphatic rings. The average molecular weight is 257 g/mol. The van der Waals surface area contributed by atoms with E-state index in [2.05, 4.69) is 28.0 Å². The second kappa shape index (κ2) is 6.79. The van der Waals surface area contributed by atoms with Gasteiger partial charge in [0.2, 0.25) is 5.95 Å². The van der Waals surface area contributed by atoms with Crippen molar-refractivity contribution < 1.29 is 4.21 Å². The van der Waals surface area contributed by atoms with E-state index in [0.717, 1.165) is 24.6 Å². The molecule has 0 aliphatic carbocycles. The van der Waals surface area contributed by atoms with E-state index >= 15 is 0 Å². The van der Waals surface area contributed by atoms with Crippen molar-refractivity contribution in [3.05, 3.63) is 11.9 Å². The van der Waals surface area contributed by atoms with Gasteiger partial charge >= 0.3 is 0 Å². The summed E-state index contributed by atoms with van der Waals surface area (Å²) in [5.41, 5.74) is 1.02. The molecule has 1 N–H and O–H groups in total. The number of hydrogen-bond acceptors (Lipinski definition) is 3. The van der Waals surface area contributed by atoms with E-state index in [-0.39, 0.29) is 6.04 Å². The summed E-state index contributed by atoms with van der Waals surface area (Å²) in [4.78, 5) is 4.46. The summed E-state index contributed by atoms with van der Waals surface area (Å²) in [6, 6.07) is 0.183. The van der Waals surface area contributed by atoms with Crippen LogP contribution in [0.25, 0.3) is 0 Å². The topological polar surface area (TPSA) is 46.9 Å². The van der Waals surface area contributed by atoms with Crippen LogP contribution in [0, 0.1) is 6.92 Å². The number of aromatic nitrogens is 2. The van der Waals surface area contributed by atoms with E-state index in [1.54, 1.807) is 6.26 Å². The van der Waals surface area contributed by atoms with Gasteiger partial charge in [-0.25, -0.2) is 4.98 Å². The molecule has 1 aromatic rings. The van der Waals surface area contributed by atoms with Crippen LogP contribution < -0.4 is 5.32 Å². The Balaban J connectivity index is 2.65. The smallest absolute Gasteiger partial charge is 0.203 e. The molecule has 1 heterocycles. The van der Waals surface area contributed by atoms with E-state index < -0.39 is 10.8 Å². The van der Waals surface area contributed by atoms with Crippen molar-refractivity contribution in [3.63, 3.8) is 0 Å². The first kappa shape index (κ1) is 14.2. The zero-order chi connectivity index (χ0) is 12.8. The highest BCUT2D eigenvalue weighted by Crippen LogP contribution is 2.11. The van der Waals surface area contributed by atoms with Crippen molar-refractivity contribution in [2.45, 2.75) is 46.2 Å².